The van der Waals surface area contributed by atoms with Crippen molar-refractivity contribution < 1.29 is 27.5 Å². The predicted octanol–water partition coefficient (Wildman–Crippen LogP) is 3.09. The number of piperidine rings is 1. The maximum absolute atomic E-state index is 12.2. The number of alkyl halides is 3. The molecule has 2 amide bonds. The second-order valence-electron chi connectivity index (χ2n) is 6.95. The fourth-order valence-corrected chi connectivity index (χ4v) is 2.54. The van der Waals surface area contributed by atoms with Crippen LogP contribution in [0.3, 0.4) is 0 Å². The van der Waals surface area contributed by atoms with Crippen molar-refractivity contribution in [2.45, 2.75) is 64.8 Å². The zero-order chi connectivity index (χ0) is 17.8. The Balaban J connectivity index is 2.40. The number of nitrogens with zero attached hydrogens (tertiary/aromatic N) is 1. The molecule has 1 aliphatic rings. The van der Waals surface area contributed by atoms with E-state index in [0.29, 0.717) is 12.8 Å². The van der Waals surface area contributed by atoms with Crippen LogP contribution in [0.25, 0.3) is 0 Å². The average Bonchev–Trinajstić information content (AvgIpc) is 2.34. The number of rotatable bonds is 3. The van der Waals surface area contributed by atoms with Crippen molar-refractivity contribution in [2.75, 3.05) is 13.1 Å². The summed E-state index contributed by atoms with van der Waals surface area (Å²) in [7, 11) is 0. The van der Waals surface area contributed by atoms with Gasteiger partial charge < -0.3 is 15.0 Å². The molecule has 1 fully saturated rings. The van der Waals surface area contributed by atoms with Gasteiger partial charge in [-0.2, -0.15) is 13.2 Å². The molecule has 134 valence electrons. The molecule has 0 bridgehead atoms. The Kier molecular flexibility index (Phi) is 6.30. The molecule has 1 heterocycles. The lowest BCUT2D eigenvalue weighted by molar-refractivity contribution is -0.162. The van der Waals surface area contributed by atoms with Gasteiger partial charge in [0, 0.05) is 19.1 Å². The molecular formula is C15H25F3N2O3. The highest BCUT2D eigenvalue weighted by molar-refractivity contribution is 5.76. The molecule has 1 saturated heterocycles. The molecule has 0 aromatic rings. The molecule has 0 radical (unpaired) electrons. The first-order valence-corrected chi connectivity index (χ1v) is 7.71. The molecule has 0 aliphatic carbocycles. The minimum atomic E-state index is -4.47. The summed E-state index contributed by atoms with van der Waals surface area (Å²) in [4.78, 5) is 24.5. The monoisotopic (exact) mass is 338 g/mol. The van der Waals surface area contributed by atoms with Crippen LogP contribution in [0.2, 0.25) is 0 Å². The first-order valence-electron chi connectivity index (χ1n) is 7.71. The molecule has 0 aromatic heterocycles. The minimum absolute atomic E-state index is 0.109. The Hall–Kier alpha value is -1.47. The van der Waals surface area contributed by atoms with E-state index in [4.69, 9.17) is 4.74 Å². The topological polar surface area (TPSA) is 58.6 Å². The summed E-state index contributed by atoms with van der Waals surface area (Å²) in [6, 6.07) is -0.162. The van der Waals surface area contributed by atoms with Crippen molar-refractivity contribution in [1.82, 2.24) is 10.2 Å². The van der Waals surface area contributed by atoms with E-state index in [9.17, 15) is 22.8 Å². The summed E-state index contributed by atoms with van der Waals surface area (Å²) in [5.74, 6) is -0.777. The van der Waals surface area contributed by atoms with Crippen molar-refractivity contribution in [3.05, 3.63) is 0 Å². The van der Waals surface area contributed by atoms with Crippen LogP contribution in [0, 0.1) is 5.92 Å². The first-order chi connectivity index (χ1) is 10.4. The Morgan fingerprint density at radius 1 is 1.22 bits per heavy atom. The van der Waals surface area contributed by atoms with Crippen LogP contribution in [-0.2, 0) is 9.53 Å². The van der Waals surface area contributed by atoms with E-state index in [-0.39, 0.29) is 25.0 Å². The van der Waals surface area contributed by atoms with Gasteiger partial charge in [-0.25, -0.2) is 4.79 Å². The van der Waals surface area contributed by atoms with E-state index in [0.717, 1.165) is 0 Å². The number of ether oxygens (including phenoxy) is 1. The van der Waals surface area contributed by atoms with Crippen LogP contribution in [0.1, 0.15) is 47.0 Å². The van der Waals surface area contributed by atoms with Gasteiger partial charge in [0.1, 0.15) is 12.0 Å². The van der Waals surface area contributed by atoms with E-state index in [1.165, 1.54) is 4.90 Å². The number of halogens is 3. The van der Waals surface area contributed by atoms with E-state index in [1.54, 1.807) is 20.8 Å². The lowest BCUT2D eigenvalue weighted by atomic mass is 9.90. The molecule has 8 heteroatoms. The molecule has 0 saturated carbocycles. The maximum Gasteiger partial charge on any atom is 0.407 e. The predicted molar refractivity (Wildman–Crippen MR) is 78.8 cm³/mol. The second kappa shape index (κ2) is 7.40. The quantitative estimate of drug-likeness (QED) is 0.860. The number of nitrogens with one attached hydrogen (secondary N) is 1. The number of likely N-dealkylation sites (tertiary alicyclic amines) is 1. The molecule has 0 unspecified atom stereocenters. The molecular weight excluding hydrogens is 313 g/mol. The van der Waals surface area contributed by atoms with E-state index in [2.05, 4.69) is 5.32 Å². The Bertz CT molecular complexity index is 425. The standard InChI is InChI=1S/C15H25F3N2O3/c1-10(19-13(22)23-14(2,3)4)11-5-7-20(8-6-11)12(21)9-15(16,17)18/h10-11H,5-9H2,1-4H3,(H,19,22)/t10-/m0/s1. The Labute approximate surface area is 134 Å². The van der Waals surface area contributed by atoms with Crippen LogP contribution in [0.15, 0.2) is 0 Å². The summed E-state index contributed by atoms with van der Waals surface area (Å²) >= 11 is 0. The van der Waals surface area contributed by atoms with Crippen molar-refractivity contribution >= 4 is 12.0 Å². The summed E-state index contributed by atoms with van der Waals surface area (Å²) in [6.07, 6.45) is -5.29. The zero-order valence-corrected chi connectivity index (χ0v) is 14.0. The van der Waals surface area contributed by atoms with Crippen LogP contribution in [0.5, 0.6) is 0 Å². The van der Waals surface area contributed by atoms with E-state index in [1.807, 2.05) is 6.92 Å². The van der Waals surface area contributed by atoms with E-state index < -0.39 is 30.2 Å². The molecule has 1 atom stereocenters. The lowest BCUT2D eigenvalue weighted by Gasteiger charge is -2.35. The molecule has 0 spiro atoms. The van der Waals surface area contributed by atoms with Gasteiger partial charge in [-0.3, -0.25) is 4.79 Å². The first kappa shape index (κ1) is 19.6. The van der Waals surface area contributed by atoms with Crippen LogP contribution < -0.4 is 5.32 Å². The zero-order valence-electron chi connectivity index (χ0n) is 14.0. The van der Waals surface area contributed by atoms with Gasteiger partial charge in [-0.15, -0.1) is 0 Å². The second-order valence-corrected chi connectivity index (χ2v) is 6.95. The van der Waals surface area contributed by atoms with Gasteiger partial charge in [0.15, 0.2) is 0 Å². The average molecular weight is 338 g/mol. The molecule has 1 rings (SSSR count). The Morgan fingerprint density at radius 2 is 1.74 bits per heavy atom. The van der Waals surface area contributed by atoms with Crippen molar-refractivity contribution in [1.29, 1.82) is 0 Å². The maximum atomic E-state index is 12.2. The van der Waals surface area contributed by atoms with Gasteiger partial charge in [-0.05, 0) is 46.5 Å². The highest BCUT2D eigenvalue weighted by atomic mass is 19.4. The minimum Gasteiger partial charge on any atom is -0.444 e. The van der Waals surface area contributed by atoms with Crippen molar-refractivity contribution in [2.24, 2.45) is 5.92 Å². The van der Waals surface area contributed by atoms with Gasteiger partial charge in [-0.1, -0.05) is 0 Å². The van der Waals surface area contributed by atoms with Gasteiger partial charge in [0.2, 0.25) is 5.91 Å². The molecule has 1 N–H and O–H groups in total. The third-order valence-corrected chi connectivity index (χ3v) is 3.70. The highest BCUT2D eigenvalue weighted by Crippen LogP contribution is 2.25. The number of hydrogen-bond donors (Lipinski definition) is 1. The summed E-state index contributed by atoms with van der Waals surface area (Å²) in [6.45, 7) is 7.69. The summed E-state index contributed by atoms with van der Waals surface area (Å²) < 4.78 is 41.9. The highest BCUT2D eigenvalue weighted by Gasteiger charge is 2.35. The van der Waals surface area contributed by atoms with Gasteiger partial charge >= 0.3 is 12.3 Å². The smallest absolute Gasteiger partial charge is 0.407 e. The Morgan fingerprint density at radius 3 is 2.17 bits per heavy atom. The molecule has 23 heavy (non-hydrogen) atoms. The molecule has 0 aromatic carbocycles. The third kappa shape index (κ3) is 7.56. The molecule has 1 aliphatic heterocycles. The third-order valence-electron chi connectivity index (χ3n) is 3.70. The fraction of sp³-hybridized carbons (Fsp3) is 0.867. The normalized spacial score (nSPS) is 18.5. The summed E-state index contributed by atoms with van der Waals surface area (Å²) in [5, 5.41) is 2.74. The number of carbonyl (C=O) groups excluding carboxylic acids is 2. The van der Waals surface area contributed by atoms with Crippen LogP contribution in [0.4, 0.5) is 18.0 Å². The van der Waals surface area contributed by atoms with Crippen molar-refractivity contribution in [3.63, 3.8) is 0 Å². The van der Waals surface area contributed by atoms with Gasteiger partial charge in [0.05, 0.1) is 0 Å². The van der Waals surface area contributed by atoms with Gasteiger partial charge in [0.25, 0.3) is 0 Å². The largest absolute Gasteiger partial charge is 0.444 e. The summed E-state index contributed by atoms with van der Waals surface area (Å²) in [5.41, 5.74) is -0.586. The van der Waals surface area contributed by atoms with Crippen LogP contribution >= 0.6 is 0 Å². The lowest BCUT2D eigenvalue weighted by Crippen LogP contribution is -2.47. The van der Waals surface area contributed by atoms with E-state index >= 15 is 0 Å². The number of amides is 2. The number of carbonyl (C=O) groups is 2. The van der Waals surface area contributed by atoms with Crippen LogP contribution in [-0.4, -0.2) is 47.8 Å². The number of alkyl carbamates (subject to hydrolysis) is 1. The fourth-order valence-electron chi connectivity index (χ4n) is 2.54. The molecule has 5 nitrogen and oxygen atoms in total. The van der Waals surface area contributed by atoms with Crippen molar-refractivity contribution in [3.8, 4) is 0 Å². The number of hydrogen-bond acceptors (Lipinski definition) is 3. The SMILES string of the molecule is C[C@H](NC(=O)OC(C)(C)C)C1CCN(C(=O)CC(F)(F)F)CC1.